The average molecular weight is 208 g/mol. The zero-order chi connectivity index (χ0) is 11.3. The van der Waals surface area contributed by atoms with Gasteiger partial charge in [-0.15, -0.1) is 0 Å². The highest BCUT2D eigenvalue weighted by Crippen LogP contribution is 2.15. The van der Waals surface area contributed by atoms with Crippen LogP contribution in [0.4, 0.5) is 0 Å². The molecular weight excluding hydrogens is 192 g/mol. The monoisotopic (exact) mass is 208 g/mol. The number of carbonyl (C=O) groups is 1. The molecule has 0 heterocycles. The molecule has 0 aliphatic rings. The van der Waals surface area contributed by atoms with Crippen molar-refractivity contribution in [2.24, 2.45) is 0 Å². The molecule has 1 aromatic carbocycles. The van der Waals surface area contributed by atoms with Crippen LogP contribution in [0.2, 0.25) is 0 Å². The van der Waals surface area contributed by atoms with Gasteiger partial charge in [0.05, 0.1) is 7.11 Å². The van der Waals surface area contributed by atoms with Crippen LogP contribution in [0.25, 0.3) is 0 Å². The molecule has 0 aliphatic heterocycles. The second-order valence-electron chi connectivity index (χ2n) is 3.75. The zero-order valence-corrected chi connectivity index (χ0v) is 9.06. The second-order valence-corrected chi connectivity index (χ2v) is 3.75. The molecule has 3 heteroatoms. The van der Waals surface area contributed by atoms with Gasteiger partial charge in [0.1, 0.15) is 0 Å². The number of hydrogen-bond acceptors (Lipinski definition) is 3. The first-order chi connectivity index (χ1) is 7.06. The molecule has 0 bridgehead atoms. The molecule has 0 radical (unpaired) electrons. The van der Waals surface area contributed by atoms with E-state index in [9.17, 15) is 9.90 Å². The molecule has 1 aromatic rings. The first-order valence-corrected chi connectivity index (χ1v) is 4.91. The van der Waals surface area contributed by atoms with E-state index in [1.54, 1.807) is 0 Å². The van der Waals surface area contributed by atoms with Gasteiger partial charge in [-0.2, -0.15) is 0 Å². The van der Waals surface area contributed by atoms with Gasteiger partial charge in [-0.3, -0.25) is 0 Å². The van der Waals surface area contributed by atoms with Gasteiger partial charge < -0.3 is 9.84 Å². The van der Waals surface area contributed by atoms with Gasteiger partial charge in [-0.25, -0.2) is 4.79 Å². The van der Waals surface area contributed by atoms with E-state index >= 15 is 0 Å². The quantitative estimate of drug-likeness (QED) is 0.763. The Kier molecular flexibility index (Phi) is 3.86. The summed E-state index contributed by atoms with van der Waals surface area (Å²) in [5.74, 6) is -0.585. The lowest BCUT2D eigenvalue weighted by atomic mass is 9.97. The predicted octanol–water partition coefficient (Wildman–Crippen LogP) is 1.54. The summed E-state index contributed by atoms with van der Waals surface area (Å²) >= 11 is 0. The number of aliphatic hydroxyl groups is 1. The van der Waals surface area contributed by atoms with Gasteiger partial charge in [0, 0.05) is 0 Å². The highest BCUT2D eigenvalue weighted by molar-refractivity contribution is 5.78. The third-order valence-electron chi connectivity index (χ3n) is 2.37. The Labute approximate surface area is 89.7 Å². The first kappa shape index (κ1) is 11.7. The summed E-state index contributed by atoms with van der Waals surface area (Å²) in [5, 5.41) is 9.77. The molecular formula is C12H16O3. The van der Waals surface area contributed by atoms with Gasteiger partial charge in [-0.1, -0.05) is 30.3 Å². The highest BCUT2D eigenvalue weighted by Gasteiger charge is 2.30. The summed E-state index contributed by atoms with van der Waals surface area (Å²) in [7, 11) is 1.28. The van der Waals surface area contributed by atoms with Crippen LogP contribution in [-0.4, -0.2) is 23.8 Å². The Balaban J connectivity index is 2.53. The molecule has 0 aliphatic carbocycles. The lowest BCUT2D eigenvalue weighted by Crippen LogP contribution is -2.36. The predicted molar refractivity (Wildman–Crippen MR) is 57.4 cm³/mol. The van der Waals surface area contributed by atoms with Crippen molar-refractivity contribution < 1.29 is 14.6 Å². The summed E-state index contributed by atoms with van der Waals surface area (Å²) in [5.41, 5.74) is -0.299. The highest BCUT2D eigenvalue weighted by atomic mass is 16.5. The Hall–Kier alpha value is -1.35. The number of hydrogen-bond donors (Lipinski definition) is 1. The Morgan fingerprint density at radius 1 is 1.40 bits per heavy atom. The molecule has 1 N–H and O–H groups in total. The van der Waals surface area contributed by atoms with Crippen molar-refractivity contribution >= 4 is 5.97 Å². The van der Waals surface area contributed by atoms with E-state index in [1.807, 2.05) is 30.3 Å². The van der Waals surface area contributed by atoms with Crippen molar-refractivity contribution in [2.45, 2.75) is 25.4 Å². The normalized spacial score (nSPS) is 14.3. The summed E-state index contributed by atoms with van der Waals surface area (Å²) in [6.07, 6.45) is 1.02. The van der Waals surface area contributed by atoms with Gasteiger partial charge in [0.15, 0.2) is 5.60 Å². The van der Waals surface area contributed by atoms with Gasteiger partial charge >= 0.3 is 5.97 Å². The summed E-state index contributed by atoms with van der Waals surface area (Å²) < 4.78 is 4.51. The maximum Gasteiger partial charge on any atom is 0.337 e. The molecule has 1 atom stereocenters. The van der Waals surface area contributed by atoms with E-state index in [0.29, 0.717) is 12.8 Å². The van der Waals surface area contributed by atoms with Crippen LogP contribution in [0, 0.1) is 0 Å². The van der Waals surface area contributed by atoms with Crippen LogP contribution in [0.5, 0.6) is 0 Å². The van der Waals surface area contributed by atoms with Crippen LogP contribution in [0.15, 0.2) is 30.3 Å². The van der Waals surface area contributed by atoms with Crippen LogP contribution in [-0.2, 0) is 16.0 Å². The molecule has 0 saturated heterocycles. The third-order valence-corrected chi connectivity index (χ3v) is 2.37. The Bertz CT molecular complexity index is 317. The van der Waals surface area contributed by atoms with E-state index in [2.05, 4.69) is 4.74 Å². The van der Waals surface area contributed by atoms with Gasteiger partial charge in [0.25, 0.3) is 0 Å². The van der Waals surface area contributed by atoms with Crippen molar-refractivity contribution in [1.29, 1.82) is 0 Å². The maximum absolute atomic E-state index is 11.2. The van der Waals surface area contributed by atoms with Crippen LogP contribution < -0.4 is 0 Å². The largest absolute Gasteiger partial charge is 0.467 e. The van der Waals surface area contributed by atoms with Crippen molar-refractivity contribution in [1.82, 2.24) is 0 Å². The van der Waals surface area contributed by atoms with Crippen LogP contribution in [0.3, 0.4) is 0 Å². The van der Waals surface area contributed by atoms with Gasteiger partial charge in [-0.05, 0) is 25.3 Å². The van der Waals surface area contributed by atoms with E-state index in [-0.39, 0.29) is 0 Å². The maximum atomic E-state index is 11.2. The van der Waals surface area contributed by atoms with Crippen LogP contribution >= 0.6 is 0 Å². The molecule has 3 nitrogen and oxygen atoms in total. The van der Waals surface area contributed by atoms with Gasteiger partial charge in [0.2, 0.25) is 0 Å². The van der Waals surface area contributed by atoms with Crippen molar-refractivity contribution in [3.8, 4) is 0 Å². The smallest absolute Gasteiger partial charge is 0.337 e. The summed E-state index contributed by atoms with van der Waals surface area (Å²) in [6, 6.07) is 9.73. The number of rotatable bonds is 4. The minimum Gasteiger partial charge on any atom is -0.467 e. The van der Waals surface area contributed by atoms with E-state index < -0.39 is 11.6 Å². The SMILES string of the molecule is COC(=O)C(C)(O)CCc1ccccc1. The molecule has 0 spiro atoms. The van der Waals surface area contributed by atoms with E-state index in [0.717, 1.165) is 5.56 Å². The number of aryl methyl sites for hydroxylation is 1. The molecule has 1 unspecified atom stereocenters. The summed E-state index contributed by atoms with van der Waals surface area (Å²) in [6.45, 7) is 1.47. The van der Waals surface area contributed by atoms with Crippen molar-refractivity contribution in [3.63, 3.8) is 0 Å². The van der Waals surface area contributed by atoms with Crippen molar-refractivity contribution in [3.05, 3.63) is 35.9 Å². The molecule has 0 amide bonds. The number of ether oxygens (including phenoxy) is 1. The minimum absolute atomic E-state index is 0.365. The molecule has 0 fully saturated rings. The topological polar surface area (TPSA) is 46.5 Å². The third kappa shape index (κ3) is 3.36. The fraction of sp³-hybridized carbons (Fsp3) is 0.417. The molecule has 15 heavy (non-hydrogen) atoms. The number of carbonyl (C=O) groups excluding carboxylic acids is 1. The summed E-state index contributed by atoms with van der Waals surface area (Å²) in [4.78, 5) is 11.2. The average Bonchev–Trinajstić information content (AvgIpc) is 2.27. The zero-order valence-electron chi connectivity index (χ0n) is 9.06. The number of benzene rings is 1. The molecule has 82 valence electrons. The van der Waals surface area contributed by atoms with E-state index in [4.69, 9.17) is 0 Å². The second kappa shape index (κ2) is 4.94. The lowest BCUT2D eigenvalue weighted by molar-refractivity contribution is -0.161. The fourth-order valence-electron chi connectivity index (χ4n) is 1.35. The van der Waals surface area contributed by atoms with Crippen LogP contribution in [0.1, 0.15) is 18.9 Å². The lowest BCUT2D eigenvalue weighted by Gasteiger charge is -2.19. The van der Waals surface area contributed by atoms with Crippen molar-refractivity contribution in [2.75, 3.05) is 7.11 Å². The standard InChI is InChI=1S/C12H16O3/c1-12(14,11(13)15-2)9-8-10-6-4-3-5-7-10/h3-7,14H,8-9H2,1-2H3. The van der Waals surface area contributed by atoms with E-state index in [1.165, 1.54) is 14.0 Å². The fourth-order valence-corrected chi connectivity index (χ4v) is 1.35. The number of esters is 1. The minimum atomic E-state index is -1.40. The molecule has 0 aromatic heterocycles. The Morgan fingerprint density at radius 3 is 2.53 bits per heavy atom. The Morgan fingerprint density at radius 2 is 2.00 bits per heavy atom. The number of methoxy groups -OCH3 is 1. The molecule has 0 saturated carbocycles. The molecule has 1 rings (SSSR count). The first-order valence-electron chi connectivity index (χ1n) is 4.91.